The number of nitrogens with zero attached hydrogens (tertiary/aromatic N) is 2. The van der Waals surface area contributed by atoms with Crippen LogP contribution in [0.3, 0.4) is 0 Å². The SMILES string of the molecule is Cn1ncc2c1CCC[C@H]2NC(=O)NCc1ccccc1Cl. The molecule has 1 aliphatic carbocycles. The van der Waals surface area contributed by atoms with Crippen LogP contribution in [-0.4, -0.2) is 15.8 Å². The molecule has 1 heterocycles. The van der Waals surface area contributed by atoms with Crippen molar-refractivity contribution in [3.63, 3.8) is 0 Å². The Bertz CT molecular complexity index is 683. The van der Waals surface area contributed by atoms with E-state index < -0.39 is 0 Å². The Hall–Kier alpha value is -2.01. The minimum Gasteiger partial charge on any atom is -0.334 e. The number of halogens is 1. The molecule has 3 rings (SSSR count). The number of aryl methyl sites for hydroxylation is 1. The molecule has 0 unspecified atom stereocenters. The molecule has 1 aromatic carbocycles. The van der Waals surface area contributed by atoms with Gasteiger partial charge in [-0.3, -0.25) is 4.68 Å². The smallest absolute Gasteiger partial charge is 0.315 e. The molecule has 2 aromatic rings. The van der Waals surface area contributed by atoms with E-state index in [0.29, 0.717) is 11.6 Å². The first kappa shape index (κ1) is 14.9. The summed E-state index contributed by atoms with van der Waals surface area (Å²) in [5.41, 5.74) is 3.24. The van der Waals surface area contributed by atoms with Crippen LogP contribution in [0.5, 0.6) is 0 Å². The van der Waals surface area contributed by atoms with Crippen LogP contribution in [-0.2, 0) is 20.0 Å². The third-order valence-electron chi connectivity index (χ3n) is 4.08. The molecule has 6 heteroatoms. The Balaban J connectivity index is 1.60. The van der Waals surface area contributed by atoms with Gasteiger partial charge >= 0.3 is 6.03 Å². The zero-order valence-corrected chi connectivity index (χ0v) is 13.2. The number of aromatic nitrogens is 2. The van der Waals surface area contributed by atoms with Gasteiger partial charge in [0.1, 0.15) is 0 Å². The van der Waals surface area contributed by atoms with Crippen LogP contribution in [0.1, 0.15) is 35.7 Å². The molecule has 5 nitrogen and oxygen atoms in total. The Labute approximate surface area is 134 Å². The zero-order valence-electron chi connectivity index (χ0n) is 12.5. The fourth-order valence-corrected chi connectivity index (χ4v) is 3.09. The summed E-state index contributed by atoms with van der Waals surface area (Å²) >= 11 is 6.09. The molecule has 2 amide bonds. The van der Waals surface area contributed by atoms with Crippen molar-refractivity contribution in [2.45, 2.75) is 31.8 Å². The molecule has 1 aliphatic rings. The maximum absolute atomic E-state index is 12.1. The molecule has 1 atom stereocenters. The summed E-state index contributed by atoms with van der Waals surface area (Å²) in [5.74, 6) is 0. The highest BCUT2D eigenvalue weighted by molar-refractivity contribution is 6.31. The minimum absolute atomic E-state index is 0.0312. The van der Waals surface area contributed by atoms with Gasteiger partial charge < -0.3 is 10.6 Å². The standard InChI is InChI=1S/C16H19ClN4O/c1-21-15-8-4-7-14(12(15)10-19-21)20-16(22)18-9-11-5-2-3-6-13(11)17/h2-3,5-6,10,14H,4,7-9H2,1H3,(H2,18,20,22)/t14-/m1/s1. The minimum atomic E-state index is -0.179. The maximum Gasteiger partial charge on any atom is 0.315 e. The lowest BCUT2D eigenvalue weighted by atomic mass is 9.93. The summed E-state index contributed by atoms with van der Waals surface area (Å²) in [6, 6.07) is 7.36. The van der Waals surface area contributed by atoms with Crippen molar-refractivity contribution in [1.29, 1.82) is 0 Å². The van der Waals surface area contributed by atoms with Crippen molar-refractivity contribution >= 4 is 17.6 Å². The molecule has 0 saturated carbocycles. The molecule has 0 spiro atoms. The fraction of sp³-hybridized carbons (Fsp3) is 0.375. The van der Waals surface area contributed by atoms with Gasteiger partial charge in [0.25, 0.3) is 0 Å². The first-order valence-electron chi connectivity index (χ1n) is 7.43. The summed E-state index contributed by atoms with van der Waals surface area (Å²) in [5, 5.41) is 10.8. The van der Waals surface area contributed by atoms with Crippen LogP contribution in [0.25, 0.3) is 0 Å². The predicted molar refractivity (Wildman–Crippen MR) is 85.7 cm³/mol. The van der Waals surface area contributed by atoms with E-state index in [1.807, 2.05) is 42.2 Å². The van der Waals surface area contributed by atoms with Crippen molar-refractivity contribution in [3.8, 4) is 0 Å². The van der Waals surface area contributed by atoms with Crippen molar-refractivity contribution in [2.24, 2.45) is 7.05 Å². The largest absolute Gasteiger partial charge is 0.334 e. The third kappa shape index (κ3) is 3.09. The molecule has 0 aliphatic heterocycles. The highest BCUT2D eigenvalue weighted by Gasteiger charge is 2.24. The van der Waals surface area contributed by atoms with Gasteiger partial charge in [-0.25, -0.2) is 4.79 Å². The summed E-state index contributed by atoms with van der Waals surface area (Å²) in [6.45, 7) is 0.415. The van der Waals surface area contributed by atoms with Crippen molar-refractivity contribution in [1.82, 2.24) is 20.4 Å². The molecule has 116 valence electrons. The van der Waals surface area contributed by atoms with Gasteiger partial charge in [0, 0.05) is 29.9 Å². The monoisotopic (exact) mass is 318 g/mol. The number of hydrogen-bond donors (Lipinski definition) is 2. The van der Waals surface area contributed by atoms with E-state index in [-0.39, 0.29) is 12.1 Å². The average molecular weight is 319 g/mol. The number of urea groups is 1. The van der Waals surface area contributed by atoms with Gasteiger partial charge in [0.05, 0.1) is 12.2 Å². The normalized spacial score (nSPS) is 16.9. The summed E-state index contributed by atoms with van der Waals surface area (Å²) in [4.78, 5) is 12.1. The number of fused-ring (bicyclic) bond motifs is 1. The van der Waals surface area contributed by atoms with Crippen molar-refractivity contribution < 1.29 is 4.79 Å². The number of benzene rings is 1. The molecule has 0 bridgehead atoms. The highest BCUT2D eigenvalue weighted by atomic mass is 35.5. The van der Waals surface area contributed by atoms with Gasteiger partial charge in [-0.2, -0.15) is 5.10 Å². The van der Waals surface area contributed by atoms with Crippen LogP contribution in [0.2, 0.25) is 5.02 Å². The molecular formula is C16H19ClN4O. The predicted octanol–water partition coefficient (Wildman–Crippen LogP) is 2.95. The van der Waals surface area contributed by atoms with E-state index in [1.54, 1.807) is 0 Å². The molecule has 0 radical (unpaired) electrons. The Morgan fingerprint density at radius 3 is 3.09 bits per heavy atom. The lowest BCUT2D eigenvalue weighted by molar-refractivity contribution is 0.235. The number of carbonyl (C=O) groups is 1. The van der Waals surface area contributed by atoms with Crippen LogP contribution >= 0.6 is 11.6 Å². The molecule has 0 saturated heterocycles. The lowest BCUT2D eigenvalue weighted by Crippen LogP contribution is -2.38. The third-order valence-corrected chi connectivity index (χ3v) is 4.45. The van der Waals surface area contributed by atoms with E-state index in [4.69, 9.17) is 11.6 Å². The first-order valence-corrected chi connectivity index (χ1v) is 7.81. The summed E-state index contributed by atoms with van der Waals surface area (Å²) < 4.78 is 1.89. The summed E-state index contributed by atoms with van der Waals surface area (Å²) in [7, 11) is 1.94. The van der Waals surface area contributed by atoms with Gasteiger partial charge in [-0.15, -0.1) is 0 Å². The van der Waals surface area contributed by atoms with Crippen molar-refractivity contribution in [2.75, 3.05) is 0 Å². The van der Waals surface area contributed by atoms with Crippen LogP contribution in [0.4, 0.5) is 4.79 Å². The average Bonchev–Trinajstić information content (AvgIpc) is 2.89. The zero-order chi connectivity index (χ0) is 15.5. The second-order valence-electron chi connectivity index (χ2n) is 5.53. The van der Waals surface area contributed by atoms with Gasteiger partial charge in [0.15, 0.2) is 0 Å². The van der Waals surface area contributed by atoms with Crippen LogP contribution in [0, 0.1) is 0 Å². The molecule has 1 aromatic heterocycles. The van der Waals surface area contributed by atoms with Crippen LogP contribution < -0.4 is 10.6 Å². The van der Waals surface area contributed by atoms with E-state index >= 15 is 0 Å². The Morgan fingerprint density at radius 1 is 1.45 bits per heavy atom. The number of carbonyl (C=O) groups excluding carboxylic acids is 1. The van der Waals surface area contributed by atoms with E-state index in [0.717, 1.165) is 30.4 Å². The molecular weight excluding hydrogens is 300 g/mol. The van der Waals surface area contributed by atoms with E-state index in [2.05, 4.69) is 15.7 Å². The molecule has 22 heavy (non-hydrogen) atoms. The maximum atomic E-state index is 12.1. The van der Waals surface area contributed by atoms with Crippen LogP contribution in [0.15, 0.2) is 30.5 Å². The van der Waals surface area contributed by atoms with Crippen molar-refractivity contribution in [3.05, 3.63) is 52.3 Å². The van der Waals surface area contributed by atoms with E-state index in [9.17, 15) is 4.79 Å². The quantitative estimate of drug-likeness (QED) is 0.914. The number of amides is 2. The van der Waals surface area contributed by atoms with Gasteiger partial charge in [-0.1, -0.05) is 29.8 Å². The second kappa shape index (κ2) is 6.40. The Morgan fingerprint density at radius 2 is 2.27 bits per heavy atom. The summed E-state index contributed by atoms with van der Waals surface area (Å²) in [6.07, 6.45) is 4.87. The first-order chi connectivity index (χ1) is 10.6. The number of hydrogen-bond acceptors (Lipinski definition) is 2. The second-order valence-corrected chi connectivity index (χ2v) is 5.94. The topological polar surface area (TPSA) is 59.0 Å². The molecule has 2 N–H and O–H groups in total. The number of nitrogens with one attached hydrogen (secondary N) is 2. The van der Waals surface area contributed by atoms with E-state index in [1.165, 1.54) is 5.69 Å². The fourth-order valence-electron chi connectivity index (χ4n) is 2.88. The molecule has 0 fully saturated rings. The lowest BCUT2D eigenvalue weighted by Gasteiger charge is -2.24. The van der Waals surface area contributed by atoms with Gasteiger partial charge in [0.2, 0.25) is 0 Å². The Kier molecular flexibility index (Phi) is 4.34. The van der Waals surface area contributed by atoms with Gasteiger partial charge in [-0.05, 0) is 30.9 Å². The number of rotatable bonds is 3. The highest BCUT2D eigenvalue weighted by Crippen LogP contribution is 2.28.